The predicted octanol–water partition coefficient (Wildman–Crippen LogP) is 1.70. The van der Waals surface area contributed by atoms with Crippen LogP contribution in [-0.2, 0) is 6.54 Å². The molecule has 0 saturated carbocycles. The van der Waals surface area contributed by atoms with Crippen LogP contribution >= 0.6 is 0 Å². The molecule has 1 amide bonds. The second-order valence-corrected chi connectivity index (χ2v) is 4.31. The average molecular weight is 275 g/mol. The Kier molecular flexibility index (Phi) is 4.24. The molecule has 0 bridgehead atoms. The van der Waals surface area contributed by atoms with Crippen molar-refractivity contribution >= 4 is 5.91 Å². The van der Waals surface area contributed by atoms with Gasteiger partial charge in [0.1, 0.15) is 0 Å². The number of H-pyrrole nitrogens is 1. The van der Waals surface area contributed by atoms with E-state index in [1.807, 2.05) is 0 Å². The molecular formula is C14H17N3O3. The molecular weight excluding hydrogens is 258 g/mol. The minimum absolute atomic E-state index is 0.137. The monoisotopic (exact) mass is 275 g/mol. The molecule has 1 heterocycles. The first-order valence-corrected chi connectivity index (χ1v) is 6.11. The fourth-order valence-electron chi connectivity index (χ4n) is 1.97. The first kappa shape index (κ1) is 13.9. The Hall–Kier alpha value is -2.50. The number of nitrogens with zero attached hydrogens (tertiary/aromatic N) is 2. The van der Waals surface area contributed by atoms with Crippen LogP contribution in [0.4, 0.5) is 0 Å². The zero-order valence-corrected chi connectivity index (χ0v) is 11.7. The predicted molar refractivity (Wildman–Crippen MR) is 73.9 cm³/mol. The van der Waals surface area contributed by atoms with Crippen LogP contribution in [0.15, 0.2) is 30.6 Å². The van der Waals surface area contributed by atoms with Crippen molar-refractivity contribution in [3.05, 3.63) is 41.7 Å². The minimum atomic E-state index is -0.137. The molecule has 0 radical (unpaired) electrons. The van der Waals surface area contributed by atoms with Gasteiger partial charge in [0.15, 0.2) is 11.5 Å². The van der Waals surface area contributed by atoms with Gasteiger partial charge < -0.3 is 14.4 Å². The second-order valence-electron chi connectivity index (χ2n) is 4.31. The first-order valence-electron chi connectivity index (χ1n) is 6.11. The average Bonchev–Trinajstić information content (AvgIpc) is 2.98. The molecule has 0 aliphatic heterocycles. The van der Waals surface area contributed by atoms with E-state index in [-0.39, 0.29) is 5.91 Å². The van der Waals surface area contributed by atoms with E-state index in [4.69, 9.17) is 9.47 Å². The highest BCUT2D eigenvalue weighted by Gasteiger charge is 2.19. The van der Waals surface area contributed by atoms with Crippen molar-refractivity contribution in [3.8, 4) is 11.5 Å². The number of ether oxygens (including phenoxy) is 2. The lowest BCUT2D eigenvalue weighted by Crippen LogP contribution is -2.26. The number of aromatic amines is 1. The number of amides is 1. The molecule has 0 atom stereocenters. The summed E-state index contributed by atoms with van der Waals surface area (Å²) in [5.41, 5.74) is 1.40. The topological polar surface area (TPSA) is 67.5 Å². The molecule has 1 aromatic heterocycles. The number of hydrogen-bond acceptors (Lipinski definition) is 4. The summed E-state index contributed by atoms with van der Waals surface area (Å²) in [5, 5.41) is 6.58. The summed E-state index contributed by atoms with van der Waals surface area (Å²) < 4.78 is 10.5. The maximum Gasteiger partial charge on any atom is 0.257 e. The molecule has 0 fully saturated rings. The van der Waals surface area contributed by atoms with Crippen LogP contribution in [0.3, 0.4) is 0 Å². The summed E-state index contributed by atoms with van der Waals surface area (Å²) >= 11 is 0. The Morgan fingerprint density at radius 1 is 1.35 bits per heavy atom. The van der Waals surface area contributed by atoms with Gasteiger partial charge in [0.2, 0.25) is 0 Å². The van der Waals surface area contributed by atoms with Crippen molar-refractivity contribution in [2.24, 2.45) is 0 Å². The molecule has 1 aromatic carbocycles. The molecule has 0 saturated heterocycles. The van der Waals surface area contributed by atoms with Gasteiger partial charge in [0.25, 0.3) is 5.91 Å². The molecule has 2 rings (SSSR count). The van der Waals surface area contributed by atoms with Gasteiger partial charge >= 0.3 is 0 Å². The number of benzene rings is 1. The largest absolute Gasteiger partial charge is 0.493 e. The summed E-state index contributed by atoms with van der Waals surface area (Å²) in [7, 11) is 4.79. The van der Waals surface area contributed by atoms with Gasteiger partial charge in [0, 0.05) is 25.4 Å². The number of rotatable bonds is 5. The summed E-state index contributed by atoms with van der Waals surface area (Å²) in [6, 6.07) is 5.24. The van der Waals surface area contributed by atoms with Crippen LogP contribution in [0.1, 0.15) is 15.9 Å². The maximum atomic E-state index is 12.5. The quantitative estimate of drug-likeness (QED) is 0.901. The van der Waals surface area contributed by atoms with Crippen LogP contribution in [-0.4, -0.2) is 42.3 Å². The van der Waals surface area contributed by atoms with E-state index >= 15 is 0 Å². The van der Waals surface area contributed by atoms with Crippen LogP contribution in [0.5, 0.6) is 11.5 Å². The molecule has 20 heavy (non-hydrogen) atoms. The van der Waals surface area contributed by atoms with Crippen LogP contribution in [0, 0.1) is 0 Å². The number of carbonyl (C=O) groups is 1. The fraction of sp³-hybridized carbons (Fsp3) is 0.286. The molecule has 0 aliphatic rings. The van der Waals surface area contributed by atoms with Crippen molar-refractivity contribution in [1.29, 1.82) is 0 Å². The van der Waals surface area contributed by atoms with Crippen LogP contribution < -0.4 is 9.47 Å². The zero-order chi connectivity index (χ0) is 14.5. The first-order chi connectivity index (χ1) is 9.67. The lowest BCUT2D eigenvalue weighted by molar-refractivity contribution is 0.0781. The van der Waals surface area contributed by atoms with Gasteiger partial charge in [-0.15, -0.1) is 0 Å². The van der Waals surface area contributed by atoms with E-state index in [9.17, 15) is 4.79 Å². The summed E-state index contributed by atoms with van der Waals surface area (Å²) in [5.74, 6) is 0.844. The highest BCUT2D eigenvalue weighted by molar-refractivity contribution is 5.97. The molecule has 6 nitrogen and oxygen atoms in total. The summed E-state index contributed by atoms with van der Waals surface area (Å²) in [6.07, 6.45) is 3.44. The molecule has 0 aliphatic carbocycles. The highest BCUT2D eigenvalue weighted by Crippen LogP contribution is 2.31. The minimum Gasteiger partial charge on any atom is -0.493 e. The third-order valence-corrected chi connectivity index (χ3v) is 2.95. The van der Waals surface area contributed by atoms with Crippen molar-refractivity contribution in [2.75, 3.05) is 21.3 Å². The van der Waals surface area contributed by atoms with Gasteiger partial charge in [-0.3, -0.25) is 9.89 Å². The van der Waals surface area contributed by atoms with Gasteiger partial charge in [-0.1, -0.05) is 6.07 Å². The second kappa shape index (κ2) is 6.10. The summed E-state index contributed by atoms with van der Waals surface area (Å²) in [6.45, 7) is 0.468. The van der Waals surface area contributed by atoms with E-state index in [0.29, 0.717) is 23.6 Å². The zero-order valence-electron chi connectivity index (χ0n) is 11.7. The molecule has 1 N–H and O–H groups in total. The van der Waals surface area contributed by atoms with Crippen molar-refractivity contribution in [2.45, 2.75) is 6.54 Å². The number of para-hydroxylation sites is 1. The third kappa shape index (κ3) is 2.74. The third-order valence-electron chi connectivity index (χ3n) is 2.95. The Balaban J connectivity index is 2.24. The standard InChI is InChI=1S/C14H17N3O3/c1-17(9-10-7-15-16-8-10)14(18)11-5-4-6-12(19-2)13(11)20-3/h4-8H,9H2,1-3H3,(H,15,16). The van der Waals surface area contributed by atoms with E-state index in [1.165, 1.54) is 7.11 Å². The Bertz CT molecular complexity index is 581. The van der Waals surface area contributed by atoms with E-state index in [2.05, 4.69) is 10.2 Å². The Labute approximate surface area is 117 Å². The lowest BCUT2D eigenvalue weighted by atomic mass is 10.1. The maximum absolute atomic E-state index is 12.5. The number of methoxy groups -OCH3 is 2. The molecule has 0 unspecified atom stereocenters. The van der Waals surface area contributed by atoms with Crippen molar-refractivity contribution < 1.29 is 14.3 Å². The fourth-order valence-corrected chi connectivity index (χ4v) is 1.97. The van der Waals surface area contributed by atoms with Gasteiger partial charge in [-0.25, -0.2) is 0 Å². The lowest BCUT2D eigenvalue weighted by Gasteiger charge is -2.19. The molecule has 106 valence electrons. The Morgan fingerprint density at radius 2 is 2.15 bits per heavy atom. The van der Waals surface area contributed by atoms with Crippen LogP contribution in [0.25, 0.3) is 0 Å². The number of aromatic nitrogens is 2. The SMILES string of the molecule is COc1cccc(C(=O)N(C)Cc2cn[nH]c2)c1OC. The number of carbonyl (C=O) groups excluding carboxylic acids is 1. The van der Waals surface area contributed by atoms with Gasteiger partial charge in [-0.05, 0) is 12.1 Å². The van der Waals surface area contributed by atoms with Crippen LogP contribution in [0.2, 0.25) is 0 Å². The normalized spacial score (nSPS) is 10.2. The van der Waals surface area contributed by atoms with Crippen molar-refractivity contribution in [1.82, 2.24) is 15.1 Å². The van der Waals surface area contributed by atoms with E-state index in [0.717, 1.165) is 5.56 Å². The molecule has 0 spiro atoms. The number of hydrogen-bond donors (Lipinski definition) is 1. The smallest absolute Gasteiger partial charge is 0.257 e. The van der Waals surface area contributed by atoms with E-state index in [1.54, 1.807) is 49.7 Å². The Morgan fingerprint density at radius 3 is 2.75 bits per heavy atom. The summed E-state index contributed by atoms with van der Waals surface area (Å²) in [4.78, 5) is 14.1. The molecule has 6 heteroatoms. The van der Waals surface area contributed by atoms with Gasteiger partial charge in [0.05, 0.1) is 26.0 Å². The number of nitrogens with one attached hydrogen (secondary N) is 1. The molecule has 2 aromatic rings. The van der Waals surface area contributed by atoms with Gasteiger partial charge in [-0.2, -0.15) is 5.10 Å². The van der Waals surface area contributed by atoms with Crippen molar-refractivity contribution in [3.63, 3.8) is 0 Å². The highest BCUT2D eigenvalue weighted by atomic mass is 16.5. The van der Waals surface area contributed by atoms with E-state index < -0.39 is 0 Å².